The van der Waals surface area contributed by atoms with Gasteiger partial charge in [0.15, 0.2) is 6.23 Å². The van der Waals surface area contributed by atoms with E-state index < -0.39 is 0 Å². The van der Waals surface area contributed by atoms with Crippen LogP contribution in [-0.4, -0.2) is 22.2 Å². The van der Waals surface area contributed by atoms with Crippen LogP contribution in [0.25, 0.3) is 10.9 Å². The van der Waals surface area contributed by atoms with Gasteiger partial charge in [-0.25, -0.2) is 4.68 Å². The predicted octanol–water partition coefficient (Wildman–Crippen LogP) is 4.27. The van der Waals surface area contributed by atoms with E-state index in [1.54, 1.807) is 0 Å². The first-order chi connectivity index (χ1) is 11.2. The summed E-state index contributed by atoms with van der Waals surface area (Å²) in [6.45, 7) is 2.97. The molecule has 4 rings (SSSR count). The van der Waals surface area contributed by atoms with Gasteiger partial charge in [0.25, 0.3) is 0 Å². The Labute approximate surface area is 136 Å². The highest BCUT2D eigenvalue weighted by Gasteiger charge is 2.27. The molecule has 2 unspecified atom stereocenters. The first-order valence-electron chi connectivity index (χ1n) is 8.84. The van der Waals surface area contributed by atoms with Gasteiger partial charge in [-0.15, -0.1) is 0 Å². The highest BCUT2D eigenvalue weighted by atomic mass is 16.5. The summed E-state index contributed by atoms with van der Waals surface area (Å²) >= 11 is 0. The summed E-state index contributed by atoms with van der Waals surface area (Å²) in [6.07, 6.45) is 8.87. The van der Waals surface area contributed by atoms with Crippen molar-refractivity contribution >= 4 is 16.7 Å². The lowest BCUT2D eigenvalue weighted by molar-refractivity contribution is -0.120. The normalized spacial score (nSPS) is 25.9. The van der Waals surface area contributed by atoms with Gasteiger partial charge in [-0.2, -0.15) is 5.10 Å². The van der Waals surface area contributed by atoms with Gasteiger partial charge in [-0.3, -0.25) is 4.79 Å². The van der Waals surface area contributed by atoms with Crippen LogP contribution in [0.4, 0.5) is 0 Å². The van der Waals surface area contributed by atoms with Crippen molar-refractivity contribution in [1.82, 2.24) is 9.78 Å². The fourth-order valence-corrected chi connectivity index (χ4v) is 4.19. The first-order valence-corrected chi connectivity index (χ1v) is 8.84. The number of ether oxygens (including phenoxy) is 1. The third-order valence-corrected chi connectivity index (χ3v) is 5.34. The van der Waals surface area contributed by atoms with Crippen LogP contribution in [0.5, 0.6) is 0 Å². The summed E-state index contributed by atoms with van der Waals surface area (Å²) in [7, 11) is 0. The molecule has 2 atom stereocenters. The molecule has 122 valence electrons. The Morgan fingerprint density at radius 2 is 2.13 bits per heavy atom. The molecule has 2 aliphatic rings. The van der Waals surface area contributed by atoms with Crippen LogP contribution in [0.2, 0.25) is 0 Å². The molecular formula is C19H24N2O2. The van der Waals surface area contributed by atoms with Gasteiger partial charge in [0.1, 0.15) is 5.78 Å². The molecule has 1 aliphatic carbocycles. The van der Waals surface area contributed by atoms with E-state index in [2.05, 4.69) is 28.8 Å². The fraction of sp³-hybridized carbons (Fsp3) is 0.579. The van der Waals surface area contributed by atoms with Crippen LogP contribution in [0, 0.1) is 6.92 Å². The fourth-order valence-electron chi connectivity index (χ4n) is 4.19. The average molecular weight is 312 g/mol. The highest BCUT2D eigenvalue weighted by Crippen LogP contribution is 2.38. The summed E-state index contributed by atoms with van der Waals surface area (Å²) in [6, 6.07) is 4.32. The number of hydrogen-bond donors (Lipinski definition) is 0. The molecule has 2 heterocycles. The van der Waals surface area contributed by atoms with E-state index in [-0.39, 0.29) is 6.23 Å². The minimum Gasteiger partial charge on any atom is -0.356 e. The number of aromatic nitrogens is 2. The molecule has 4 nitrogen and oxygen atoms in total. The van der Waals surface area contributed by atoms with Gasteiger partial charge < -0.3 is 4.74 Å². The number of benzene rings is 1. The quantitative estimate of drug-likeness (QED) is 0.831. The van der Waals surface area contributed by atoms with Gasteiger partial charge in [0.05, 0.1) is 11.7 Å². The lowest BCUT2D eigenvalue weighted by Crippen LogP contribution is -2.21. The number of carbonyl (C=O) groups excluding carboxylic acids is 1. The van der Waals surface area contributed by atoms with Gasteiger partial charge in [-0.05, 0) is 56.1 Å². The van der Waals surface area contributed by atoms with E-state index in [4.69, 9.17) is 4.74 Å². The Morgan fingerprint density at radius 3 is 2.91 bits per heavy atom. The van der Waals surface area contributed by atoms with Crippen LogP contribution in [-0.2, 0) is 9.53 Å². The lowest BCUT2D eigenvalue weighted by atomic mass is 9.81. The minimum absolute atomic E-state index is 0.0427. The summed E-state index contributed by atoms with van der Waals surface area (Å²) in [4.78, 5) is 12.0. The maximum atomic E-state index is 12.0. The number of Topliss-reactive ketones (excluding diaryl/α,β-unsaturated/α-hetero) is 1. The molecule has 0 spiro atoms. The molecular weight excluding hydrogens is 288 g/mol. The standard InChI is InChI=1S/C19H24N2O2/c1-13-8-9-15-12-20-21(17-7-2-3-10-23-17)19(15)18(13)14-5-4-6-16(22)11-14/h8-9,12,14,17H,2-7,10-11H2,1H3. The summed E-state index contributed by atoms with van der Waals surface area (Å²) in [5.74, 6) is 0.733. The molecule has 0 N–H and O–H groups in total. The van der Waals surface area contributed by atoms with E-state index in [1.165, 1.54) is 23.1 Å². The van der Waals surface area contributed by atoms with E-state index in [0.717, 1.165) is 44.1 Å². The van der Waals surface area contributed by atoms with Crippen LogP contribution >= 0.6 is 0 Å². The Bertz CT molecular complexity index is 728. The first kappa shape index (κ1) is 14.9. The molecule has 4 heteroatoms. The average Bonchev–Trinajstić information content (AvgIpc) is 2.99. The summed E-state index contributed by atoms with van der Waals surface area (Å²) < 4.78 is 8.05. The maximum Gasteiger partial charge on any atom is 0.150 e. The molecule has 1 saturated heterocycles. The van der Waals surface area contributed by atoms with Crippen molar-refractivity contribution in [1.29, 1.82) is 0 Å². The number of ketones is 1. The van der Waals surface area contributed by atoms with Gasteiger partial charge in [-0.1, -0.05) is 12.1 Å². The third-order valence-electron chi connectivity index (χ3n) is 5.34. The molecule has 0 radical (unpaired) electrons. The van der Waals surface area contributed by atoms with Crippen LogP contribution in [0.1, 0.15) is 68.2 Å². The zero-order valence-electron chi connectivity index (χ0n) is 13.8. The SMILES string of the molecule is Cc1ccc2cnn(C3CCCCO3)c2c1C1CCCC(=O)C1. The van der Waals surface area contributed by atoms with Crippen molar-refractivity contribution in [3.8, 4) is 0 Å². The zero-order valence-corrected chi connectivity index (χ0v) is 13.8. The van der Waals surface area contributed by atoms with E-state index >= 15 is 0 Å². The zero-order chi connectivity index (χ0) is 15.8. The largest absolute Gasteiger partial charge is 0.356 e. The highest BCUT2D eigenvalue weighted by molar-refractivity contribution is 5.86. The Hall–Kier alpha value is -1.68. The second-order valence-corrected chi connectivity index (χ2v) is 6.98. The van der Waals surface area contributed by atoms with Gasteiger partial charge in [0.2, 0.25) is 0 Å². The second kappa shape index (κ2) is 6.08. The van der Waals surface area contributed by atoms with Crippen LogP contribution in [0.3, 0.4) is 0 Å². The Balaban J connectivity index is 1.82. The second-order valence-electron chi connectivity index (χ2n) is 6.98. The van der Waals surface area contributed by atoms with E-state index in [9.17, 15) is 4.79 Å². The number of nitrogens with zero attached hydrogens (tertiary/aromatic N) is 2. The maximum absolute atomic E-state index is 12.0. The number of fused-ring (bicyclic) bond motifs is 1. The molecule has 0 bridgehead atoms. The van der Waals surface area contributed by atoms with E-state index in [1.807, 2.05) is 6.20 Å². The monoisotopic (exact) mass is 312 g/mol. The minimum atomic E-state index is 0.0427. The molecule has 1 aliphatic heterocycles. The molecule has 1 saturated carbocycles. The van der Waals surface area contributed by atoms with Crippen molar-refractivity contribution in [2.24, 2.45) is 0 Å². The van der Waals surface area contributed by atoms with Crippen molar-refractivity contribution < 1.29 is 9.53 Å². The van der Waals surface area contributed by atoms with Crippen molar-refractivity contribution in [3.63, 3.8) is 0 Å². The Kier molecular flexibility index (Phi) is 3.93. The molecule has 23 heavy (non-hydrogen) atoms. The smallest absolute Gasteiger partial charge is 0.150 e. The predicted molar refractivity (Wildman–Crippen MR) is 89.5 cm³/mol. The molecule has 2 aromatic rings. The molecule has 1 aromatic carbocycles. The number of aryl methyl sites for hydroxylation is 1. The van der Waals surface area contributed by atoms with Gasteiger partial charge >= 0.3 is 0 Å². The lowest BCUT2D eigenvalue weighted by Gasteiger charge is -2.27. The summed E-state index contributed by atoms with van der Waals surface area (Å²) in [5.41, 5.74) is 3.79. The third kappa shape index (κ3) is 2.69. The Morgan fingerprint density at radius 1 is 1.22 bits per heavy atom. The molecule has 1 aromatic heterocycles. The van der Waals surface area contributed by atoms with Crippen molar-refractivity contribution in [2.45, 2.75) is 64.0 Å². The number of carbonyl (C=O) groups is 1. The van der Waals surface area contributed by atoms with Crippen LogP contribution < -0.4 is 0 Å². The molecule has 2 fully saturated rings. The van der Waals surface area contributed by atoms with Crippen molar-refractivity contribution in [2.75, 3.05) is 6.61 Å². The van der Waals surface area contributed by atoms with Crippen molar-refractivity contribution in [3.05, 3.63) is 29.5 Å². The number of hydrogen-bond acceptors (Lipinski definition) is 3. The topological polar surface area (TPSA) is 44.1 Å². The number of rotatable bonds is 2. The molecule has 0 amide bonds. The summed E-state index contributed by atoms with van der Waals surface area (Å²) in [5, 5.41) is 5.81. The van der Waals surface area contributed by atoms with E-state index in [0.29, 0.717) is 18.1 Å². The van der Waals surface area contributed by atoms with Gasteiger partial charge in [0, 0.05) is 24.8 Å². The van der Waals surface area contributed by atoms with Crippen LogP contribution in [0.15, 0.2) is 18.3 Å².